The number of allylic oxidation sites excluding steroid dienone is 6. The molecule has 0 fully saturated rings. The molecule has 2 aliphatic heterocycles. The first-order chi connectivity index (χ1) is 26.2. The summed E-state index contributed by atoms with van der Waals surface area (Å²) in [6.07, 6.45) is 11.6. The molecule has 0 amide bonds. The van der Waals surface area contributed by atoms with Crippen LogP contribution >= 0.6 is 0 Å². The summed E-state index contributed by atoms with van der Waals surface area (Å²) in [6.45, 7) is 5.25. The Balaban J connectivity index is 1.79. The van der Waals surface area contributed by atoms with Gasteiger partial charge in [0.15, 0.2) is 12.3 Å². The van der Waals surface area contributed by atoms with Gasteiger partial charge in [-0.3, -0.25) is 13.9 Å². The van der Waals surface area contributed by atoms with Crippen LogP contribution in [0, 0.1) is 0 Å². The average Bonchev–Trinajstić information content (AvgIpc) is 3.47. The number of carbonyl (C=O) groups is 1. The van der Waals surface area contributed by atoms with Gasteiger partial charge in [-0.05, 0) is 87.9 Å². The Bertz CT molecular complexity index is 2250. The number of hydrogen-bond donors (Lipinski definition) is 3. The second-order valence-electron chi connectivity index (χ2n) is 14.3. The van der Waals surface area contributed by atoms with Gasteiger partial charge in [0.1, 0.15) is 16.7 Å². The van der Waals surface area contributed by atoms with Gasteiger partial charge in [0.25, 0.3) is 20.2 Å². The van der Waals surface area contributed by atoms with E-state index in [1.807, 2.05) is 30.6 Å². The molecule has 0 saturated heterocycles. The molecule has 0 saturated carbocycles. The fourth-order valence-electron chi connectivity index (χ4n) is 7.56. The third-order valence-electron chi connectivity index (χ3n) is 10.4. The molecule has 2 atom stereocenters. The van der Waals surface area contributed by atoms with Gasteiger partial charge >= 0.3 is 5.97 Å². The first-order valence-electron chi connectivity index (χ1n) is 18.0. The van der Waals surface area contributed by atoms with Crippen LogP contribution in [0.5, 0.6) is 0 Å². The predicted molar refractivity (Wildman–Crippen MR) is 209 cm³/mol. The number of carboxylic acid groups (broad SMARTS) is 1. The second kappa shape index (κ2) is 18.2. The molecule has 0 radical (unpaired) electrons. The molecule has 56 heavy (non-hydrogen) atoms. The first-order valence-corrected chi connectivity index (χ1v) is 22.5. The van der Waals surface area contributed by atoms with Crippen LogP contribution in [0.3, 0.4) is 0 Å². The number of benzene rings is 2. The average molecular weight is 839 g/mol. The van der Waals surface area contributed by atoms with Crippen LogP contribution in [-0.4, -0.2) is 107 Å². The summed E-state index contributed by atoms with van der Waals surface area (Å²) in [4.78, 5) is 12.5. The number of fused-ring (bicyclic) bond motifs is 2. The molecule has 15 nitrogen and oxygen atoms in total. The number of aliphatic carboxylic acids is 1. The molecule has 0 aromatic heterocycles. The lowest BCUT2D eigenvalue weighted by atomic mass is 9.76. The van der Waals surface area contributed by atoms with Gasteiger partial charge in [0, 0.05) is 68.3 Å². The van der Waals surface area contributed by atoms with Crippen molar-refractivity contribution in [3.8, 4) is 0 Å². The van der Waals surface area contributed by atoms with E-state index >= 15 is 0 Å². The zero-order chi connectivity index (χ0) is 41.5. The molecule has 4 rings (SSSR count). The number of ether oxygens (including phenoxy) is 2. The molecule has 2 heterocycles. The van der Waals surface area contributed by atoms with E-state index in [0.717, 1.165) is 11.4 Å². The maximum absolute atomic E-state index is 12.2. The standard InChI is InChI=1S/C38H50N2O13S3/c1-37(19-11-25-54(43,44)45)30-26-28(55(46,47)48)16-18-33(30)40(22-24-53-4)34(37)12-7-5-8-13-35-38(2,20-23-52-3)31-27-29(56(49,50)51)15-17-32(31)39(35)21-10-6-9-14-36(41)42/h5,7-8,12-13,15-18,26-27H,6,9-11,14,19-25H2,1-4H3,(H3-,41,42,43,44,45,46,47,48,49,50,51). The summed E-state index contributed by atoms with van der Waals surface area (Å²) in [7, 11) is -10.5. The number of hydrogen-bond acceptors (Lipinski definition) is 11. The predicted octanol–water partition coefficient (Wildman–Crippen LogP) is 4.96. The molecule has 308 valence electrons. The van der Waals surface area contributed by atoms with Crippen LogP contribution in [0.2, 0.25) is 0 Å². The summed E-state index contributed by atoms with van der Waals surface area (Å²) >= 11 is 0. The lowest BCUT2D eigenvalue weighted by molar-refractivity contribution is -0.441. The van der Waals surface area contributed by atoms with Gasteiger partial charge in [-0.1, -0.05) is 24.6 Å². The van der Waals surface area contributed by atoms with Gasteiger partial charge in [-0.25, -0.2) is 8.42 Å². The zero-order valence-electron chi connectivity index (χ0n) is 31.9. The minimum atomic E-state index is -4.75. The summed E-state index contributed by atoms with van der Waals surface area (Å²) in [5.74, 6) is -1.39. The Kier molecular flexibility index (Phi) is 14.6. The van der Waals surface area contributed by atoms with Gasteiger partial charge in [0.05, 0.1) is 21.0 Å². The highest BCUT2D eigenvalue weighted by Crippen LogP contribution is 2.51. The van der Waals surface area contributed by atoms with Crippen molar-refractivity contribution in [2.75, 3.05) is 51.2 Å². The molecule has 3 N–H and O–H groups in total. The van der Waals surface area contributed by atoms with E-state index in [1.165, 1.54) is 31.4 Å². The van der Waals surface area contributed by atoms with Gasteiger partial charge < -0.3 is 24.0 Å². The van der Waals surface area contributed by atoms with Crippen molar-refractivity contribution in [3.63, 3.8) is 0 Å². The number of carboxylic acids is 1. The largest absolute Gasteiger partial charge is 0.744 e. The maximum atomic E-state index is 12.2. The highest BCUT2D eigenvalue weighted by molar-refractivity contribution is 7.86. The fraction of sp³-hybridized carbons (Fsp3) is 0.474. The molecule has 0 spiro atoms. The zero-order valence-corrected chi connectivity index (χ0v) is 34.3. The fourth-order valence-corrected chi connectivity index (χ4v) is 9.08. The summed E-state index contributed by atoms with van der Waals surface area (Å²) in [6, 6.07) is 8.56. The Morgan fingerprint density at radius 3 is 2.14 bits per heavy atom. The molecular weight excluding hydrogens is 789 g/mol. The van der Waals surface area contributed by atoms with Crippen molar-refractivity contribution < 1.29 is 62.9 Å². The highest BCUT2D eigenvalue weighted by atomic mass is 32.2. The lowest BCUT2D eigenvalue weighted by Gasteiger charge is -2.30. The van der Waals surface area contributed by atoms with Crippen molar-refractivity contribution in [1.82, 2.24) is 0 Å². The summed E-state index contributed by atoms with van der Waals surface area (Å²) in [5, 5.41) is 9.09. The van der Waals surface area contributed by atoms with Crippen LogP contribution in [0.25, 0.3) is 0 Å². The van der Waals surface area contributed by atoms with E-state index < -0.39 is 52.9 Å². The van der Waals surface area contributed by atoms with E-state index in [4.69, 9.17) is 14.6 Å². The molecule has 0 bridgehead atoms. The highest BCUT2D eigenvalue weighted by Gasteiger charge is 2.48. The van der Waals surface area contributed by atoms with E-state index in [0.29, 0.717) is 74.5 Å². The number of rotatable bonds is 21. The Morgan fingerprint density at radius 1 is 0.839 bits per heavy atom. The summed E-state index contributed by atoms with van der Waals surface area (Å²) < 4.78 is 116. The van der Waals surface area contributed by atoms with Gasteiger partial charge in [-0.2, -0.15) is 21.4 Å². The van der Waals surface area contributed by atoms with E-state index in [9.17, 15) is 43.7 Å². The van der Waals surface area contributed by atoms with Crippen molar-refractivity contribution in [3.05, 3.63) is 83.6 Å². The van der Waals surface area contributed by atoms with Crippen molar-refractivity contribution >= 4 is 53.4 Å². The van der Waals surface area contributed by atoms with Crippen LogP contribution in [0.4, 0.5) is 11.4 Å². The minimum Gasteiger partial charge on any atom is -0.744 e. The third kappa shape index (κ3) is 10.6. The normalized spacial score (nSPS) is 20.8. The smallest absolute Gasteiger partial charge is 0.303 e. The van der Waals surface area contributed by atoms with Gasteiger partial charge in [-0.15, -0.1) is 0 Å². The molecule has 2 aromatic rings. The number of anilines is 1. The molecule has 18 heteroatoms. The topological polar surface area (TPSA) is 228 Å². The maximum Gasteiger partial charge on any atom is 0.303 e. The number of methoxy groups -OCH3 is 2. The summed E-state index contributed by atoms with van der Waals surface area (Å²) in [5.41, 5.74) is 2.32. The second-order valence-corrected chi connectivity index (χ2v) is 18.6. The Labute approximate surface area is 329 Å². The van der Waals surface area contributed by atoms with Crippen molar-refractivity contribution in [1.29, 1.82) is 0 Å². The SMILES string of the molecule is COCC[N+]1=C(/C=C/C=C/C=C2/N(CCCCCC(=O)O)c3ccc(S(=O)(=O)[O-])cc3C2(C)CCOC)C(C)(CCCS(=O)(=O)O)c2cc(S(=O)(=O)O)ccc21. The van der Waals surface area contributed by atoms with Crippen molar-refractivity contribution in [2.45, 2.75) is 79.4 Å². The lowest BCUT2D eigenvalue weighted by Crippen LogP contribution is -2.32. The molecule has 2 unspecified atom stereocenters. The quantitative estimate of drug-likeness (QED) is 0.0654. The Morgan fingerprint density at radius 2 is 1.52 bits per heavy atom. The molecular formula is C38H50N2O13S3. The molecule has 2 aromatic carbocycles. The van der Waals surface area contributed by atoms with E-state index in [-0.39, 0.29) is 29.1 Å². The van der Waals surface area contributed by atoms with Crippen LogP contribution in [0.15, 0.2) is 82.3 Å². The molecule has 2 aliphatic rings. The van der Waals surface area contributed by atoms with Crippen LogP contribution in [-0.2, 0) is 55.5 Å². The number of nitrogens with zero attached hydrogens (tertiary/aromatic N) is 2. The number of unbranched alkanes of at least 4 members (excludes halogenated alkanes) is 2. The third-order valence-corrected chi connectivity index (χ3v) is 12.9. The van der Waals surface area contributed by atoms with Gasteiger partial charge in [0.2, 0.25) is 5.69 Å². The van der Waals surface area contributed by atoms with E-state index in [2.05, 4.69) is 4.90 Å². The minimum absolute atomic E-state index is 0.0406. The van der Waals surface area contributed by atoms with E-state index in [1.54, 1.807) is 37.5 Å². The Hall–Kier alpha value is -3.75. The van der Waals surface area contributed by atoms with Crippen LogP contribution in [0.1, 0.15) is 69.9 Å². The molecule has 0 aliphatic carbocycles. The first kappa shape index (κ1) is 45.0. The van der Waals surface area contributed by atoms with Crippen LogP contribution < -0.4 is 4.90 Å². The van der Waals surface area contributed by atoms with Crippen molar-refractivity contribution in [2.24, 2.45) is 0 Å². The monoisotopic (exact) mass is 838 g/mol.